The van der Waals surface area contributed by atoms with Gasteiger partial charge >= 0.3 is 0 Å². The molecule has 5 heteroatoms. The SMILES string of the molecule is NCCC1CN(c2cccc(F)c2)CC(=O)N1. The van der Waals surface area contributed by atoms with Gasteiger partial charge in [-0.1, -0.05) is 6.07 Å². The van der Waals surface area contributed by atoms with Crippen molar-refractivity contribution < 1.29 is 9.18 Å². The molecule has 0 radical (unpaired) electrons. The minimum atomic E-state index is -0.288. The molecule has 0 saturated carbocycles. The minimum Gasteiger partial charge on any atom is -0.360 e. The van der Waals surface area contributed by atoms with Gasteiger partial charge in [-0.3, -0.25) is 4.79 Å². The van der Waals surface area contributed by atoms with E-state index in [1.165, 1.54) is 12.1 Å². The smallest absolute Gasteiger partial charge is 0.239 e. The molecule has 1 heterocycles. The molecule has 3 N–H and O–H groups in total. The van der Waals surface area contributed by atoms with Crippen LogP contribution in [0.2, 0.25) is 0 Å². The lowest BCUT2D eigenvalue weighted by atomic mass is 10.1. The molecule has 1 aliphatic heterocycles. The summed E-state index contributed by atoms with van der Waals surface area (Å²) in [6.07, 6.45) is 0.734. The molecule has 4 nitrogen and oxygen atoms in total. The predicted octanol–water partition coefficient (Wildman–Crippen LogP) is 0.479. The number of nitrogens with one attached hydrogen (secondary N) is 1. The monoisotopic (exact) mass is 237 g/mol. The van der Waals surface area contributed by atoms with Gasteiger partial charge in [0.15, 0.2) is 0 Å². The highest BCUT2D eigenvalue weighted by Crippen LogP contribution is 2.17. The van der Waals surface area contributed by atoms with Crippen LogP contribution in [0.5, 0.6) is 0 Å². The molecule has 0 spiro atoms. The van der Waals surface area contributed by atoms with Crippen LogP contribution in [0.4, 0.5) is 10.1 Å². The molecule has 0 bridgehead atoms. The van der Waals surface area contributed by atoms with E-state index in [-0.39, 0.29) is 24.3 Å². The number of nitrogens with zero attached hydrogens (tertiary/aromatic N) is 1. The lowest BCUT2D eigenvalue weighted by Crippen LogP contribution is -2.54. The van der Waals surface area contributed by atoms with Crippen molar-refractivity contribution in [1.29, 1.82) is 0 Å². The Balaban J connectivity index is 2.12. The molecular weight excluding hydrogens is 221 g/mol. The first kappa shape index (κ1) is 11.9. The van der Waals surface area contributed by atoms with Crippen LogP contribution in [0.25, 0.3) is 0 Å². The van der Waals surface area contributed by atoms with Crippen LogP contribution < -0.4 is 16.0 Å². The molecule has 1 fully saturated rings. The molecule has 0 aliphatic carbocycles. The third kappa shape index (κ3) is 2.94. The standard InChI is InChI=1S/C12H16FN3O/c13-9-2-1-3-11(6-9)16-7-10(4-5-14)15-12(17)8-16/h1-3,6,10H,4-5,7-8,14H2,(H,15,17). The van der Waals surface area contributed by atoms with Gasteiger partial charge in [-0.15, -0.1) is 0 Å². The Bertz CT molecular complexity index is 410. The van der Waals surface area contributed by atoms with Crippen LogP contribution in [-0.4, -0.2) is 31.6 Å². The van der Waals surface area contributed by atoms with E-state index in [4.69, 9.17) is 5.73 Å². The number of piperazine rings is 1. The maximum Gasteiger partial charge on any atom is 0.239 e. The van der Waals surface area contributed by atoms with Crippen molar-refractivity contribution in [2.24, 2.45) is 5.73 Å². The quantitative estimate of drug-likeness (QED) is 0.804. The molecule has 1 amide bonds. The van der Waals surface area contributed by atoms with Gasteiger partial charge in [0.05, 0.1) is 6.54 Å². The van der Waals surface area contributed by atoms with Crippen molar-refractivity contribution in [3.05, 3.63) is 30.1 Å². The third-order valence-electron chi connectivity index (χ3n) is 2.83. The van der Waals surface area contributed by atoms with Crippen molar-refractivity contribution in [3.8, 4) is 0 Å². The van der Waals surface area contributed by atoms with E-state index in [0.29, 0.717) is 13.1 Å². The normalized spacial score (nSPS) is 20.2. The summed E-state index contributed by atoms with van der Waals surface area (Å²) in [4.78, 5) is 13.4. The molecule has 17 heavy (non-hydrogen) atoms. The zero-order valence-corrected chi connectivity index (χ0v) is 9.53. The van der Waals surface area contributed by atoms with Gasteiger partial charge in [-0.25, -0.2) is 4.39 Å². The lowest BCUT2D eigenvalue weighted by molar-refractivity contribution is -0.121. The van der Waals surface area contributed by atoms with Crippen LogP contribution >= 0.6 is 0 Å². The van der Waals surface area contributed by atoms with Crippen molar-refractivity contribution >= 4 is 11.6 Å². The number of hydrogen-bond acceptors (Lipinski definition) is 3. The summed E-state index contributed by atoms with van der Waals surface area (Å²) in [5, 5.41) is 2.88. The molecule has 0 aromatic heterocycles. The molecule has 92 valence electrons. The van der Waals surface area contributed by atoms with Crippen LogP contribution in [0.3, 0.4) is 0 Å². The molecule has 1 aromatic carbocycles. The van der Waals surface area contributed by atoms with Crippen molar-refractivity contribution in [2.45, 2.75) is 12.5 Å². The molecule has 1 saturated heterocycles. The first-order valence-electron chi connectivity index (χ1n) is 5.69. The summed E-state index contributed by atoms with van der Waals surface area (Å²) in [5.74, 6) is -0.331. The summed E-state index contributed by atoms with van der Waals surface area (Å²) in [5.41, 5.74) is 6.22. The van der Waals surface area contributed by atoms with Crippen LogP contribution in [0, 0.1) is 5.82 Å². The Labute approximate surface area is 99.6 Å². The summed E-state index contributed by atoms with van der Waals surface area (Å²) in [7, 11) is 0. The second kappa shape index (κ2) is 5.14. The van der Waals surface area contributed by atoms with E-state index >= 15 is 0 Å². The molecular formula is C12H16FN3O. The number of carbonyl (C=O) groups is 1. The van der Waals surface area contributed by atoms with E-state index in [1.807, 2.05) is 4.90 Å². The topological polar surface area (TPSA) is 58.4 Å². The first-order chi connectivity index (χ1) is 8.19. The highest BCUT2D eigenvalue weighted by molar-refractivity contribution is 5.83. The van der Waals surface area contributed by atoms with Crippen molar-refractivity contribution in [3.63, 3.8) is 0 Å². The Kier molecular flexibility index (Phi) is 3.58. The number of anilines is 1. The second-order valence-electron chi connectivity index (χ2n) is 4.20. The Morgan fingerprint density at radius 1 is 1.53 bits per heavy atom. The van der Waals surface area contributed by atoms with Gasteiger partial charge in [0.2, 0.25) is 5.91 Å². The van der Waals surface area contributed by atoms with E-state index < -0.39 is 0 Å². The number of benzene rings is 1. The zero-order chi connectivity index (χ0) is 12.3. The Morgan fingerprint density at radius 2 is 2.35 bits per heavy atom. The average molecular weight is 237 g/mol. The first-order valence-corrected chi connectivity index (χ1v) is 5.69. The molecule has 1 unspecified atom stereocenters. The summed E-state index contributed by atoms with van der Waals surface area (Å²) in [6, 6.07) is 6.34. The van der Waals surface area contributed by atoms with Gasteiger partial charge in [-0.2, -0.15) is 0 Å². The van der Waals surface area contributed by atoms with E-state index in [1.54, 1.807) is 12.1 Å². The summed E-state index contributed by atoms with van der Waals surface area (Å²) < 4.78 is 13.1. The van der Waals surface area contributed by atoms with E-state index in [2.05, 4.69) is 5.32 Å². The fourth-order valence-corrected chi connectivity index (χ4v) is 2.06. The minimum absolute atomic E-state index is 0.0426. The third-order valence-corrected chi connectivity index (χ3v) is 2.83. The number of amides is 1. The van der Waals surface area contributed by atoms with Gasteiger partial charge in [0.1, 0.15) is 5.82 Å². The summed E-state index contributed by atoms with van der Waals surface area (Å²) >= 11 is 0. The number of nitrogens with two attached hydrogens (primary N) is 1. The fourth-order valence-electron chi connectivity index (χ4n) is 2.06. The predicted molar refractivity (Wildman–Crippen MR) is 64.2 cm³/mol. The maximum atomic E-state index is 13.1. The molecule has 1 aromatic rings. The van der Waals surface area contributed by atoms with E-state index in [0.717, 1.165) is 12.1 Å². The Hall–Kier alpha value is -1.62. The Morgan fingerprint density at radius 3 is 3.06 bits per heavy atom. The fraction of sp³-hybridized carbons (Fsp3) is 0.417. The van der Waals surface area contributed by atoms with Crippen LogP contribution in [-0.2, 0) is 4.79 Å². The number of halogens is 1. The number of carbonyl (C=O) groups excluding carboxylic acids is 1. The van der Waals surface area contributed by atoms with Crippen LogP contribution in [0.15, 0.2) is 24.3 Å². The molecule has 1 atom stereocenters. The zero-order valence-electron chi connectivity index (χ0n) is 9.53. The summed E-state index contributed by atoms with van der Waals surface area (Å²) in [6.45, 7) is 1.47. The average Bonchev–Trinajstić information content (AvgIpc) is 2.28. The lowest BCUT2D eigenvalue weighted by Gasteiger charge is -2.34. The van der Waals surface area contributed by atoms with Gasteiger partial charge in [0.25, 0.3) is 0 Å². The van der Waals surface area contributed by atoms with Gasteiger partial charge in [0, 0.05) is 18.3 Å². The number of hydrogen-bond donors (Lipinski definition) is 2. The van der Waals surface area contributed by atoms with Gasteiger partial charge < -0.3 is 16.0 Å². The highest BCUT2D eigenvalue weighted by atomic mass is 19.1. The van der Waals surface area contributed by atoms with E-state index in [9.17, 15) is 9.18 Å². The van der Waals surface area contributed by atoms with Crippen molar-refractivity contribution in [1.82, 2.24) is 5.32 Å². The van der Waals surface area contributed by atoms with Crippen molar-refractivity contribution in [2.75, 3.05) is 24.5 Å². The van der Waals surface area contributed by atoms with Gasteiger partial charge in [-0.05, 0) is 31.2 Å². The maximum absolute atomic E-state index is 13.1. The molecule has 2 rings (SSSR count). The number of rotatable bonds is 3. The molecule has 1 aliphatic rings. The van der Waals surface area contributed by atoms with Crippen LogP contribution in [0.1, 0.15) is 6.42 Å². The second-order valence-corrected chi connectivity index (χ2v) is 4.20. The largest absolute Gasteiger partial charge is 0.360 e. The highest BCUT2D eigenvalue weighted by Gasteiger charge is 2.24.